The van der Waals surface area contributed by atoms with Gasteiger partial charge in [-0.1, -0.05) is 35.9 Å². The molecule has 0 aliphatic heterocycles. The molecule has 3 heterocycles. The lowest BCUT2D eigenvalue weighted by Gasteiger charge is -2.08. The third kappa shape index (κ3) is 2.61. The van der Waals surface area contributed by atoms with Gasteiger partial charge < -0.3 is 8.97 Å². The normalized spacial score (nSPS) is 11.0. The van der Waals surface area contributed by atoms with Crippen molar-refractivity contribution in [3.05, 3.63) is 94.1 Å². The van der Waals surface area contributed by atoms with Crippen molar-refractivity contribution in [1.29, 1.82) is 0 Å². The van der Waals surface area contributed by atoms with Gasteiger partial charge in [0.1, 0.15) is 5.65 Å². The van der Waals surface area contributed by atoms with Crippen LogP contribution in [-0.2, 0) is 6.54 Å². The molecule has 3 aromatic heterocycles. The molecule has 0 radical (unpaired) electrons. The van der Waals surface area contributed by atoms with E-state index in [1.165, 1.54) is 0 Å². The smallest absolute Gasteiger partial charge is 0.250 e. The molecular formula is C19H14ClN3O. The first kappa shape index (κ1) is 14.7. The zero-order valence-electron chi connectivity index (χ0n) is 12.8. The van der Waals surface area contributed by atoms with Gasteiger partial charge in [0, 0.05) is 29.0 Å². The number of hydrogen-bond donors (Lipinski definition) is 0. The highest BCUT2D eigenvalue weighted by atomic mass is 35.5. The fraction of sp³-hybridized carbons (Fsp3) is 0.0526. The van der Waals surface area contributed by atoms with Crippen LogP contribution in [0.15, 0.2) is 77.9 Å². The van der Waals surface area contributed by atoms with Crippen LogP contribution in [0.2, 0.25) is 5.02 Å². The quantitative estimate of drug-likeness (QED) is 0.570. The van der Waals surface area contributed by atoms with E-state index in [0.29, 0.717) is 11.6 Å². The van der Waals surface area contributed by atoms with Crippen molar-refractivity contribution in [2.24, 2.45) is 0 Å². The van der Waals surface area contributed by atoms with E-state index in [0.717, 1.165) is 22.6 Å². The van der Waals surface area contributed by atoms with Crippen LogP contribution in [-0.4, -0.2) is 14.0 Å². The van der Waals surface area contributed by atoms with Gasteiger partial charge in [-0.05, 0) is 30.3 Å². The Morgan fingerprint density at radius 1 is 0.917 bits per heavy atom. The molecule has 0 spiro atoms. The number of aromatic nitrogens is 3. The minimum absolute atomic E-state index is 0.0366. The molecule has 1 aromatic carbocycles. The predicted molar refractivity (Wildman–Crippen MR) is 95.4 cm³/mol. The first-order valence-corrected chi connectivity index (χ1v) is 7.97. The molecule has 5 heteroatoms. The standard InChI is InChI=1S/C19H14ClN3O/c20-15-9-7-14(8-10-15)19-16(13-22-11-3-2-6-18(22)24)23-12-4-1-5-17(23)21-19/h1-12H,13H2. The molecule has 24 heavy (non-hydrogen) atoms. The summed E-state index contributed by atoms with van der Waals surface area (Å²) < 4.78 is 3.69. The Labute approximate surface area is 143 Å². The van der Waals surface area contributed by atoms with Crippen LogP contribution in [0, 0.1) is 0 Å². The maximum Gasteiger partial charge on any atom is 0.250 e. The average molecular weight is 336 g/mol. The molecule has 4 nitrogen and oxygen atoms in total. The molecule has 0 amide bonds. The largest absolute Gasteiger partial charge is 0.310 e. The van der Waals surface area contributed by atoms with Gasteiger partial charge >= 0.3 is 0 Å². The van der Waals surface area contributed by atoms with Gasteiger partial charge in [-0.3, -0.25) is 4.79 Å². The number of imidazole rings is 1. The van der Waals surface area contributed by atoms with E-state index in [-0.39, 0.29) is 5.56 Å². The monoisotopic (exact) mass is 335 g/mol. The summed E-state index contributed by atoms with van der Waals surface area (Å²) in [6, 6.07) is 18.6. The molecule has 4 rings (SSSR count). The van der Waals surface area contributed by atoms with Crippen LogP contribution in [0.1, 0.15) is 5.69 Å². The highest BCUT2D eigenvalue weighted by Crippen LogP contribution is 2.26. The second-order valence-corrected chi connectivity index (χ2v) is 5.95. The van der Waals surface area contributed by atoms with Crippen LogP contribution in [0.3, 0.4) is 0 Å². The van der Waals surface area contributed by atoms with Crippen molar-refractivity contribution in [2.45, 2.75) is 6.54 Å². The lowest BCUT2D eigenvalue weighted by atomic mass is 10.1. The lowest BCUT2D eigenvalue weighted by Crippen LogP contribution is -2.19. The van der Waals surface area contributed by atoms with Gasteiger partial charge in [-0.15, -0.1) is 0 Å². The minimum atomic E-state index is -0.0366. The fourth-order valence-corrected chi connectivity index (χ4v) is 2.92. The Hall–Kier alpha value is -2.85. The van der Waals surface area contributed by atoms with E-state index < -0.39 is 0 Å². The minimum Gasteiger partial charge on any atom is -0.310 e. The number of rotatable bonds is 3. The van der Waals surface area contributed by atoms with Gasteiger partial charge in [0.25, 0.3) is 5.56 Å². The van der Waals surface area contributed by atoms with Crippen LogP contribution in [0.4, 0.5) is 0 Å². The number of fused-ring (bicyclic) bond motifs is 1. The van der Waals surface area contributed by atoms with Crippen molar-refractivity contribution in [2.75, 3.05) is 0 Å². The van der Waals surface area contributed by atoms with Crippen molar-refractivity contribution >= 4 is 17.2 Å². The maximum absolute atomic E-state index is 12.1. The van der Waals surface area contributed by atoms with E-state index in [4.69, 9.17) is 16.6 Å². The highest BCUT2D eigenvalue weighted by Gasteiger charge is 2.14. The first-order valence-electron chi connectivity index (χ1n) is 7.60. The summed E-state index contributed by atoms with van der Waals surface area (Å²) in [5, 5.41) is 0.684. The fourth-order valence-electron chi connectivity index (χ4n) is 2.79. The molecule has 0 N–H and O–H groups in total. The van der Waals surface area contributed by atoms with Crippen LogP contribution in [0.25, 0.3) is 16.9 Å². The van der Waals surface area contributed by atoms with Gasteiger partial charge in [-0.2, -0.15) is 0 Å². The van der Waals surface area contributed by atoms with E-state index in [9.17, 15) is 4.79 Å². The summed E-state index contributed by atoms with van der Waals surface area (Å²) in [5.74, 6) is 0. The summed E-state index contributed by atoms with van der Waals surface area (Å²) >= 11 is 6.00. The third-order valence-electron chi connectivity index (χ3n) is 3.97. The number of hydrogen-bond acceptors (Lipinski definition) is 2. The molecule has 0 saturated heterocycles. The zero-order valence-corrected chi connectivity index (χ0v) is 13.5. The van der Waals surface area contributed by atoms with Gasteiger partial charge in [0.05, 0.1) is 17.9 Å². The van der Waals surface area contributed by atoms with Crippen molar-refractivity contribution in [3.63, 3.8) is 0 Å². The summed E-state index contributed by atoms with van der Waals surface area (Å²) in [7, 11) is 0. The highest BCUT2D eigenvalue weighted by molar-refractivity contribution is 6.30. The summed E-state index contributed by atoms with van der Waals surface area (Å²) in [5.41, 5.74) is 3.60. The second kappa shape index (κ2) is 5.98. The summed E-state index contributed by atoms with van der Waals surface area (Å²) in [4.78, 5) is 16.8. The Bertz CT molecular complexity index is 1060. The molecule has 0 atom stereocenters. The molecule has 118 valence electrons. The molecule has 0 aliphatic rings. The molecule has 0 bridgehead atoms. The SMILES string of the molecule is O=c1ccccn1Cc1c(-c2ccc(Cl)cc2)nc2ccccn12. The Kier molecular flexibility index (Phi) is 3.67. The molecule has 0 unspecified atom stereocenters. The molecule has 0 fully saturated rings. The van der Waals surface area contributed by atoms with Crippen LogP contribution in [0.5, 0.6) is 0 Å². The zero-order chi connectivity index (χ0) is 16.5. The average Bonchev–Trinajstić information content (AvgIpc) is 2.96. The van der Waals surface area contributed by atoms with Crippen LogP contribution >= 0.6 is 11.6 Å². The Morgan fingerprint density at radius 2 is 1.67 bits per heavy atom. The molecule has 0 saturated carbocycles. The lowest BCUT2D eigenvalue weighted by molar-refractivity contribution is 0.734. The molecular weight excluding hydrogens is 322 g/mol. The number of nitrogens with zero attached hydrogens (tertiary/aromatic N) is 3. The van der Waals surface area contributed by atoms with Crippen molar-refractivity contribution in [1.82, 2.24) is 14.0 Å². The maximum atomic E-state index is 12.1. The summed E-state index contributed by atoms with van der Waals surface area (Å²) in [6.07, 6.45) is 3.75. The number of halogens is 1. The van der Waals surface area contributed by atoms with Gasteiger partial charge in [-0.25, -0.2) is 4.98 Å². The van der Waals surface area contributed by atoms with Crippen LogP contribution < -0.4 is 5.56 Å². The molecule has 4 aromatic rings. The Balaban J connectivity index is 1.92. The van der Waals surface area contributed by atoms with Gasteiger partial charge in [0.2, 0.25) is 0 Å². The van der Waals surface area contributed by atoms with Crippen molar-refractivity contribution < 1.29 is 0 Å². The topological polar surface area (TPSA) is 39.3 Å². The Morgan fingerprint density at radius 3 is 2.46 bits per heavy atom. The first-order chi connectivity index (χ1) is 11.7. The number of benzene rings is 1. The molecule has 0 aliphatic carbocycles. The predicted octanol–water partition coefficient (Wildman–Crippen LogP) is 3.86. The van der Waals surface area contributed by atoms with E-state index in [1.807, 2.05) is 59.1 Å². The van der Waals surface area contributed by atoms with E-state index in [1.54, 1.807) is 22.9 Å². The third-order valence-corrected chi connectivity index (χ3v) is 4.22. The second-order valence-electron chi connectivity index (χ2n) is 5.51. The summed E-state index contributed by atoms with van der Waals surface area (Å²) in [6.45, 7) is 0.447. The van der Waals surface area contributed by atoms with E-state index in [2.05, 4.69) is 0 Å². The van der Waals surface area contributed by atoms with Gasteiger partial charge in [0.15, 0.2) is 0 Å². The van der Waals surface area contributed by atoms with E-state index >= 15 is 0 Å². The van der Waals surface area contributed by atoms with Crippen molar-refractivity contribution in [3.8, 4) is 11.3 Å². The number of pyridine rings is 2.